The molecule has 0 heterocycles. The van der Waals surface area contributed by atoms with Gasteiger partial charge in [-0.1, -0.05) is 30.3 Å². The maximum atomic E-state index is 12.6. The highest BCUT2D eigenvalue weighted by atomic mass is 16.5. The van der Waals surface area contributed by atoms with Gasteiger partial charge in [-0.15, -0.1) is 0 Å². The number of aromatic carboxylic acids is 1. The van der Waals surface area contributed by atoms with Crippen LogP contribution in [-0.2, 0) is 23.1 Å². The molecule has 1 saturated carbocycles. The largest absolute Gasteiger partial charge is 0.496 e. The number of methoxy groups -OCH3 is 1. The molecule has 2 aliphatic carbocycles. The van der Waals surface area contributed by atoms with Crippen molar-refractivity contribution in [3.8, 4) is 5.75 Å². The predicted molar refractivity (Wildman–Crippen MR) is 101 cm³/mol. The van der Waals surface area contributed by atoms with E-state index in [-0.39, 0.29) is 22.8 Å². The molecule has 0 radical (unpaired) electrons. The quantitative estimate of drug-likeness (QED) is 0.825. The number of fused-ring (bicyclic) bond motifs is 2. The third-order valence-corrected chi connectivity index (χ3v) is 6.01. The molecule has 4 rings (SSSR count). The Kier molecular flexibility index (Phi) is 4.38. The van der Waals surface area contributed by atoms with E-state index in [4.69, 9.17) is 9.84 Å². The van der Waals surface area contributed by atoms with E-state index in [1.54, 1.807) is 12.1 Å². The number of carboxylic acid groups (broad SMARTS) is 1. The first-order valence-electron chi connectivity index (χ1n) is 9.31. The Hall–Kier alpha value is -2.82. The van der Waals surface area contributed by atoms with Crippen LogP contribution in [0.2, 0.25) is 0 Å². The normalized spacial score (nSPS) is 22.3. The van der Waals surface area contributed by atoms with Crippen molar-refractivity contribution in [3.63, 3.8) is 0 Å². The van der Waals surface area contributed by atoms with Gasteiger partial charge < -0.3 is 15.2 Å². The van der Waals surface area contributed by atoms with Crippen molar-refractivity contribution in [1.29, 1.82) is 0 Å². The zero-order chi connectivity index (χ0) is 19.0. The number of hydrogen-bond donors (Lipinski definition) is 2. The number of amides is 1. The molecule has 2 unspecified atom stereocenters. The Morgan fingerprint density at radius 2 is 2.07 bits per heavy atom. The molecule has 2 aromatic carbocycles. The summed E-state index contributed by atoms with van der Waals surface area (Å²) in [4.78, 5) is 23.7. The Balaban J connectivity index is 1.36. The highest BCUT2D eigenvalue weighted by Gasteiger charge is 2.61. The van der Waals surface area contributed by atoms with Gasteiger partial charge in [0.1, 0.15) is 5.75 Å². The lowest BCUT2D eigenvalue weighted by Crippen LogP contribution is -2.29. The van der Waals surface area contributed by atoms with Gasteiger partial charge in [0.25, 0.3) is 0 Å². The monoisotopic (exact) mass is 365 g/mol. The van der Waals surface area contributed by atoms with Crippen LogP contribution in [0, 0.1) is 5.92 Å². The molecule has 5 nitrogen and oxygen atoms in total. The predicted octanol–water partition coefficient (Wildman–Crippen LogP) is 2.96. The van der Waals surface area contributed by atoms with Gasteiger partial charge in [0.05, 0.1) is 12.7 Å². The van der Waals surface area contributed by atoms with E-state index in [9.17, 15) is 9.59 Å². The summed E-state index contributed by atoms with van der Waals surface area (Å²) in [5.74, 6) is -0.258. The minimum atomic E-state index is -0.982. The Bertz CT molecular complexity index is 907. The molecule has 1 spiro atoms. The first-order chi connectivity index (χ1) is 13.0. The zero-order valence-corrected chi connectivity index (χ0v) is 15.3. The van der Waals surface area contributed by atoms with Crippen molar-refractivity contribution in [2.75, 3.05) is 13.7 Å². The maximum Gasteiger partial charge on any atom is 0.335 e. The SMILES string of the molecule is COc1cc(C(=O)O)ccc1CCNC(=O)C1CC12CCc1ccccc12. The Labute approximate surface area is 158 Å². The van der Waals surface area contributed by atoms with Crippen LogP contribution in [-0.4, -0.2) is 30.6 Å². The summed E-state index contributed by atoms with van der Waals surface area (Å²) in [6.45, 7) is 0.510. The Morgan fingerprint density at radius 3 is 2.85 bits per heavy atom. The van der Waals surface area contributed by atoms with Gasteiger partial charge in [0, 0.05) is 17.9 Å². The van der Waals surface area contributed by atoms with E-state index in [1.165, 1.54) is 24.3 Å². The van der Waals surface area contributed by atoms with E-state index in [0.717, 1.165) is 24.8 Å². The summed E-state index contributed by atoms with van der Waals surface area (Å²) in [6, 6.07) is 13.3. The first-order valence-corrected chi connectivity index (χ1v) is 9.31. The van der Waals surface area contributed by atoms with Crippen LogP contribution < -0.4 is 10.1 Å². The van der Waals surface area contributed by atoms with Crippen LogP contribution in [0.3, 0.4) is 0 Å². The number of aryl methyl sites for hydroxylation is 1. The van der Waals surface area contributed by atoms with Crippen LogP contribution in [0.4, 0.5) is 0 Å². The molecule has 2 atom stereocenters. The van der Waals surface area contributed by atoms with Gasteiger partial charge in [0.2, 0.25) is 5.91 Å². The van der Waals surface area contributed by atoms with Crippen LogP contribution >= 0.6 is 0 Å². The van der Waals surface area contributed by atoms with E-state index >= 15 is 0 Å². The van der Waals surface area contributed by atoms with Crippen LogP contribution in [0.25, 0.3) is 0 Å². The van der Waals surface area contributed by atoms with Crippen molar-refractivity contribution in [1.82, 2.24) is 5.32 Å². The molecule has 2 aromatic rings. The minimum absolute atomic E-state index is 0.0570. The van der Waals surface area contributed by atoms with Gasteiger partial charge in [-0.25, -0.2) is 4.79 Å². The summed E-state index contributed by atoms with van der Waals surface area (Å²) in [7, 11) is 1.52. The van der Waals surface area contributed by atoms with Gasteiger partial charge >= 0.3 is 5.97 Å². The van der Waals surface area contributed by atoms with Crippen LogP contribution in [0.15, 0.2) is 42.5 Å². The molecule has 2 aliphatic rings. The highest BCUT2D eigenvalue weighted by Crippen LogP contribution is 2.61. The lowest BCUT2D eigenvalue weighted by atomic mass is 9.95. The second-order valence-corrected chi connectivity index (χ2v) is 7.44. The Morgan fingerprint density at radius 1 is 1.26 bits per heavy atom. The van der Waals surface area contributed by atoms with Crippen molar-refractivity contribution < 1.29 is 19.4 Å². The van der Waals surface area contributed by atoms with Gasteiger partial charge in [-0.2, -0.15) is 0 Å². The molecular formula is C22H23NO4. The fourth-order valence-electron chi connectivity index (χ4n) is 4.47. The molecule has 0 saturated heterocycles. The summed E-state index contributed by atoms with van der Waals surface area (Å²) in [5.41, 5.74) is 3.88. The lowest BCUT2D eigenvalue weighted by Gasteiger charge is -2.13. The van der Waals surface area contributed by atoms with E-state index in [2.05, 4.69) is 29.6 Å². The summed E-state index contributed by atoms with van der Waals surface area (Å²) < 4.78 is 5.29. The minimum Gasteiger partial charge on any atom is -0.496 e. The van der Waals surface area contributed by atoms with Crippen molar-refractivity contribution in [3.05, 3.63) is 64.7 Å². The van der Waals surface area contributed by atoms with Crippen LogP contribution in [0.5, 0.6) is 5.75 Å². The molecular weight excluding hydrogens is 342 g/mol. The van der Waals surface area contributed by atoms with E-state index in [1.807, 2.05) is 0 Å². The molecule has 0 aliphatic heterocycles. The topological polar surface area (TPSA) is 75.6 Å². The molecule has 27 heavy (non-hydrogen) atoms. The first kappa shape index (κ1) is 17.6. The van der Waals surface area contributed by atoms with E-state index in [0.29, 0.717) is 18.7 Å². The molecule has 1 fully saturated rings. The third kappa shape index (κ3) is 3.07. The molecule has 1 amide bonds. The molecule has 140 valence electrons. The smallest absolute Gasteiger partial charge is 0.335 e. The number of rotatable bonds is 6. The summed E-state index contributed by atoms with van der Waals surface area (Å²) in [5, 5.41) is 12.1. The zero-order valence-electron chi connectivity index (χ0n) is 15.3. The molecule has 0 aromatic heterocycles. The number of carbonyl (C=O) groups excluding carboxylic acids is 1. The third-order valence-electron chi connectivity index (χ3n) is 6.01. The van der Waals surface area contributed by atoms with Gasteiger partial charge in [-0.05, 0) is 54.5 Å². The van der Waals surface area contributed by atoms with Gasteiger partial charge in [0.15, 0.2) is 0 Å². The van der Waals surface area contributed by atoms with Crippen molar-refractivity contribution >= 4 is 11.9 Å². The summed E-state index contributed by atoms with van der Waals surface area (Å²) >= 11 is 0. The average molecular weight is 365 g/mol. The lowest BCUT2D eigenvalue weighted by molar-refractivity contribution is -0.122. The fourth-order valence-corrected chi connectivity index (χ4v) is 4.47. The standard InChI is InChI=1S/C22H23NO4/c1-27-19-12-16(21(25)26)7-6-15(19)9-11-23-20(24)18-13-22(18)10-8-14-4-2-3-5-17(14)22/h2-7,12,18H,8-11,13H2,1H3,(H,23,24)(H,25,26). The second-order valence-electron chi connectivity index (χ2n) is 7.44. The fraction of sp³-hybridized carbons (Fsp3) is 0.364. The number of carbonyl (C=O) groups is 2. The number of hydrogen-bond acceptors (Lipinski definition) is 3. The molecule has 5 heteroatoms. The number of ether oxygens (including phenoxy) is 1. The number of nitrogens with one attached hydrogen (secondary N) is 1. The number of carboxylic acids is 1. The van der Waals surface area contributed by atoms with Crippen LogP contribution in [0.1, 0.15) is 39.9 Å². The molecule has 0 bridgehead atoms. The average Bonchev–Trinajstić information content (AvgIpc) is 3.30. The highest BCUT2D eigenvalue weighted by molar-refractivity contribution is 5.88. The second kappa shape index (κ2) is 6.72. The number of benzene rings is 2. The maximum absolute atomic E-state index is 12.6. The summed E-state index contributed by atoms with van der Waals surface area (Å²) in [6.07, 6.45) is 3.67. The van der Waals surface area contributed by atoms with Gasteiger partial charge in [-0.3, -0.25) is 4.79 Å². The van der Waals surface area contributed by atoms with Crippen molar-refractivity contribution in [2.45, 2.75) is 31.1 Å². The van der Waals surface area contributed by atoms with E-state index < -0.39 is 5.97 Å². The molecule has 2 N–H and O–H groups in total. The van der Waals surface area contributed by atoms with Crippen molar-refractivity contribution in [2.24, 2.45) is 5.92 Å².